The fourth-order valence-electron chi connectivity index (χ4n) is 3.58. The van der Waals surface area contributed by atoms with Crippen LogP contribution in [0.25, 0.3) is 11.0 Å². The van der Waals surface area contributed by atoms with E-state index in [2.05, 4.69) is 10.6 Å². The van der Waals surface area contributed by atoms with Crippen molar-refractivity contribution in [3.8, 4) is 0 Å². The summed E-state index contributed by atoms with van der Waals surface area (Å²) < 4.78 is 5.90. The molecule has 1 aromatic heterocycles. The number of para-hydroxylation sites is 1. The van der Waals surface area contributed by atoms with Crippen LogP contribution in [0.15, 0.2) is 28.7 Å². The molecule has 28 heavy (non-hydrogen) atoms. The van der Waals surface area contributed by atoms with Gasteiger partial charge in [-0.1, -0.05) is 44.4 Å². The predicted molar refractivity (Wildman–Crippen MR) is 115 cm³/mol. The van der Waals surface area contributed by atoms with Gasteiger partial charge in [0.15, 0.2) is 5.76 Å². The Hall–Kier alpha value is -1.95. The lowest BCUT2D eigenvalue weighted by Gasteiger charge is -2.20. The third-order valence-corrected chi connectivity index (χ3v) is 6.53. The summed E-state index contributed by atoms with van der Waals surface area (Å²) in [5.74, 6) is 0.888. The van der Waals surface area contributed by atoms with Crippen LogP contribution in [0, 0.1) is 0 Å². The minimum atomic E-state index is -0.237. The second kappa shape index (κ2) is 10.6. The summed E-state index contributed by atoms with van der Waals surface area (Å²) in [5, 5.41) is 7.34. The number of nitrogens with one attached hydrogen (secondary N) is 2. The van der Waals surface area contributed by atoms with Crippen LogP contribution in [-0.4, -0.2) is 30.2 Å². The van der Waals surface area contributed by atoms with Gasteiger partial charge in [-0.05, 0) is 25.3 Å². The normalized spacial score (nSPS) is 14.9. The van der Waals surface area contributed by atoms with E-state index in [-0.39, 0.29) is 18.2 Å². The lowest BCUT2D eigenvalue weighted by Crippen LogP contribution is -2.31. The zero-order chi connectivity index (χ0) is 19.8. The molecule has 0 atom stereocenters. The number of carbonyl (C=O) groups is 2. The molecule has 1 heterocycles. The van der Waals surface area contributed by atoms with E-state index in [1.807, 2.05) is 43.0 Å². The van der Waals surface area contributed by atoms with Crippen molar-refractivity contribution in [2.24, 2.45) is 0 Å². The van der Waals surface area contributed by atoms with Gasteiger partial charge in [-0.2, -0.15) is 11.8 Å². The van der Waals surface area contributed by atoms with Gasteiger partial charge >= 0.3 is 0 Å². The van der Waals surface area contributed by atoms with Gasteiger partial charge < -0.3 is 15.1 Å². The number of carbonyl (C=O) groups excluding carboxylic acids is 2. The Morgan fingerprint density at radius 2 is 1.89 bits per heavy atom. The van der Waals surface area contributed by atoms with Gasteiger partial charge in [0.05, 0.1) is 0 Å². The maximum absolute atomic E-state index is 12.7. The van der Waals surface area contributed by atoms with Gasteiger partial charge in [0.1, 0.15) is 5.58 Å². The zero-order valence-corrected chi connectivity index (χ0v) is 17.4. The number of amides is 2. The molecule has 1 saturated carbocycles. The zero-order valence-electron chi connectivity index (χ0n) is 16.6. The number of thioether (sulfide) groups is 1. The van der Waals surface area contributed by atoms with E-state index < -0.39 is 0 Å². The number of furan rings is 1. The van der Waals surface area contributed by atoms with Crippen LogP contribution in [0.1, 0.15) is 68.0 Å². The molecule has 0 spiro atoms. The lowest BCUT2D eigenvalue weighted by molar-refractivity contribution is -0.120. The van der Waals surface area contributed by atoms with Crippen LogP contribution in [0.5, 0.6) is 0 Å². The van der Waals surface area contributed by atoms with Crippen LogP contribution < -0.4 is 10.6 Å². The summed E-state index contributed by atoms with van der Waals surface area (Å²) >= 11 is 1.94. The summed E-state index contributed by atoms with van der Waals surface area (Å²) in [4.78, 5) is 24.5. The fraction of sp³-hybridized carbons (Fsp3) is 0.545. The maximum atomic E-state index is 12.7. The Balaban J connectivity index is 1.65. The molecule has 0 saturated heterocycles. The van der Waals surface area contributed by atoms with Crippen molar-refractivity contribution in [2.75, 3.05) is 13.1 Å². The number of fused-ring (bicyclic) bond motifs is 1. The Morgan fingerprint density at radius 3 is 2.68 bits per heavy atom. The lowest BCUT2D eigenvalue weighted by atomic mass is 10.0. The average Bonchev–Trinajstić information content (AvgIpc) is 3.10. The summed E-state index contributed by atoms with van der Waals surface area (Å²) in [6, 6.07) is 7.82. The molecule has 1 aromatic carbocycles. The molecule has 0 radical (unpaired) electrons. The highest BCUT2D eigenvalue weighted by Gasteiger charge is 2.22. The average molecular weight is 403 g/mol. The summed E-state index contributed by atoms with van der Waals surface area (Å²) in [6.07, 6.45) is 7.64. The van der Waals surface area contributed by atoms with Crippen molar-refractivity contribution in [1.82, 2.24) is 10.6 Å². The molecule has 2 N–H and O–H groups in total. The fourth-order valence-corrected chi connectivity index (χ4v) is 4.94. The summed E-state index contributed by atoms with van der Waals surface area (Å²) in [7, 11) is 0. The van der Waals surface area contributed by atoms with Gasteiger partial charge in [-0.15, -0.1) is 0 Å². The van der Waals surface area contributed by atoms with Crippen molar-refractivity contribution in [1.29, 1.82) is 0 Å². The van der Waals surface area contributed by atoms with E-state index in [1.165, 1.54) is 32.1 Å². The standard InChI is InChI=1S/C22H30N2O3S/c1-2-13-23-20(25)12-14-24-22(26)21-18(15-28-16-8-4-3-5-9-16)17-10-6-7-11-19(17)27-21/h6-7,10-11,16H,2-5,8-9,12-15H2,1H3,(H,23,25)(H,24,26). The molecule has 0 aliphatic heterocycles. The van der Waals surface area contributed by atoms with Gasteiger partial charge in [0.25, 0.3) is 5.91 Å². The van der Waals surface area contributed by atoms with Crippen LogP contribution >= 0.6 is 11.8 Å². The van der Waals surface area contributed by atoms with Gasteiger partial charge in [0, 0.05) is 41.5 Å². The number of benzene rings is 1. The van der Waals surface area contributed by atoms with Crippen LogP contribution in [0.3, 0.4) is 0 Å². The third kappa shape index (κ3) is 5.53. The van der Waals surface area contributed by atoms with Gasteiger partial charge in [0.2, 0.25) is 5.91 Å². The SMILES string of the molecule is CCCNC(=O)CCNC(=O)c1oc2ccccc2c1CSC1CCCCC1. The molecule has 0 unspecified atom stereocenters. The Bertz CT molecular complexity index is 796. The largest absolute Gasteiger partial charge is 0.451 e. The molecule has 3 rings (SSSR count). The first kappa shape index (κ1) is 20.8. The van der Waals surface area contributed by atoms with E-state index >= 15 is 0 Å². The number of rotatable bonds is 9. The molecule has 1 aliphatic rings. The molecule has 5 nitrogen and oxygen atoms in total. The molecule has 1 fully saturated rings. The molecule has 6 heteroatoms. The van der Waals surface area contributed by atoms with E-state index in [0.717, 1.165) is 28.7 Å². The smallest absolute Gasteiger partial charge is 0.287 e. The van der Waals surface area contributed by atoms with Crippen molar-refractivity contribution >= 4 is 34.5 Å². The minimum absolute atomic E-state index is 0.0418. The monoisotopic (exact) mass is 402 g/mol. The highest BCUT2D eigenvalue weighted by Crippen LogP contribution is 2.34. The van der Waals surface area contributed by atoms with Crippen molar-refractivity contribution < 1.29 is 14.0 Å². The molecule has 2 aromatic rings. The van der Waals surface area contributed by atoms with Gasteiger partial charge in [-0.3, -0.25) is 9.59 Å². The molecule has 2 amide bonds. The van der Waals surface area contributed by atoms with E-state index in [1.54, 1.807) is 0 Å². The third-order valence-electron chi connectivity index (χ3n) is 5.13. The second-order valence-electron chi connectivity index (χ2n) is 7.33. The molecule has 1 aliphatic carbocycles. The second-order valence-corrected chi connectivity index (χ2v) is 8.62. The van der Waals surface area contributed by atoms with Crippen molar-refractivity contribution in [3.05, 3.63) is 35.6 Å². The highest BCUT2D eigenvalue weighted by molar-refractivity contribution is 7.99. The van der Waals surface area contributed by atoms with E-state index in [4.69, 9.17) is 4.42 Å². The Kier molecular flexibility index (Phi) is 7.83. The van der Waals surface area contributed by atoms with Crippen LogP contribution in [0.4, 0.5) is 0 Å². The predicted octanol–water partition coefficient (Wildman–Crippen LogP) is 4.64. The van der Waals surface area contributed by atoms with Crippen molar-refractivity contribution in [3.63, 3.8) is 0 Å². The number of hydrogen-bond acceptors (Lipinski definition) is 4. The first-order valence-electron chi connectivity index (χ1n) is 10.4. The van der Waals surface area contributed by atoms with Crippen LogP contribution in [0.2, 0.25) is 0 Å². The summed E-state index contributed by atoms with van der Waals surface area (Å²) in [6.45, 7) is 2.98. The topological polar surface area (TPSA) is 71.3 Å². The number of hydrogen-bond donors (Lipinski definition) is 2. The minimum Gasteiger partial charge on any atom is -0.451 e. The maximum Gasteiger partial charge on any atom is 0.287 e. The molecular weight excluding hydrogens is 372 g/mol. The first-order valence-corrected chi connectivity index (χ1v) is 11.4. The quantitative estimate of drug-likeness (QED) is 0.641. The van der Waals surface area contributed by atoms with Crippen LogP contribution in [-0.2, 0) is 10.5 Å². The van der Waals surface area contributed by atoms with Gasteiger partial charge in [-0.25, -0.2) is 0 Å². The molecular formula is C22H30N2O3S. The summed E-state index contributed by atoms with van der Waals surface area (Å²) in [5.41, 5.74) is 1.71. The Morgan fingerprint density at radius 1 is 1.11 bits per heavy atom. The first-order chi connectivity index (χ1) is 13.7. The highest BCUT2D eigenvalue weighted by atomic mass is 32.2. The Labute approximate surface area is 171 Å². The van der Waals surface area contributed by atoms with E-state index in [9.17, 15) is 9.59 Å². The van der Waals surface area contributed by atoms with E-state index in [0.29, 0.717) is 24.1 Å². The molecule has 0 bridgehead atoms. The van der Waals surface area contributed by atoms with Crippen molar-refractivity contribution in [2.45, 2.75) is 62.9 Å². The molecule has 152 valence electrons.